The quantitative estimate of drug-likeness (QED) is 0.917. The zero-order chi connectivity index (χ0) is 17.3. The number of nitrogens with one attached hydrogen (secondary N) is 1. The molecule has 0 aliphatic carbocycles. The Bertz CT molecular complexity index is 757. The minimum Gasteiger partial charge on any atom is -0.407 e. The molecule has 24 heavy (non-hydrogen) atoms. The summed E-state index contributed by atoms with van der Waals surface area (Å²) < 4.78 is 5.49. The van der Waals surface area contributed by atoms with Crippen molar-refractivity contribution in [1.82, 2.24) is 10.2 Å². The minimum absolute atomic E-state index is 0.0201. The van der Waals surface area contributed by atoms with Gasteiger partial charge in [0.25, 0.3) is 0 Å². The van der Waals surface area contributed by atoms with Crippen LogP contribution in [0.15, 0.2) is 28.7 Å². The van der Waals surface area contributed by atoms with Crippen LogP contribution in [0.3, 0.4) is 0 Å². The van der Waals surface area contributed by atoms with Gasteiger partial charge in [-0.05, 0) is 24.3 Å². The summed E-state index contributed by atoms with van der Waals surface area (Å²) in [7, 11) is 0. The van der Waals surface area contributed by atoms with Crippen molar-refractivity contribution in [3.8, 4) is 0 Å². The molecule has 1 aromatic heterocycles. The number of hydrogen-bond donors (Lipinski definition) is 1. The van der Waals surface area contributed by atoms with Crippen LogP contribution in [0.2, 0.25) is 5.02 Å². The second-order valence-corrected chi connectivity index (χ2v) is 6.41. The summed E-state index contributed by atoms with van der Waals surface area (Å²) in [4.78, 5) is 25.6. The first-order valence-corrected chi connectivity index (χ1v) is 8.02. The number of halogens is 1. The van der Waals surface area contributed by atoms with Crippen LogP contribution >= 0.6 is 11.6 Å². The van der Waals surface area contributed by atoms with Gasteiger partial charge in [0, 0.05) is 29.6 Å². The van der Waals surface area contributed by atoms with E-state index in [1.165, 1.54) is 0 Å². The summed E-state index contributed by atoms with van der Waals surface area (Å²) in [6.07, 6.45) is 0.280. The Morgan fingerprint density at radius 3 is 2.71 bits per heavy atom. The fraction of sp³-hybridized carbons (Fsp3) is 0.375. The summed E-state index contributed by atoms with van der Waals surface area (Å²) >= 11 is 5.87. The molecule has 126 valence electrons. The molecule has 2 heterocycles. The second-order valence-electron chi connectivity index (χ2n) is 5.97. The van der Waals surface area contributed by atoms with Gasteiger partial charge in [0.1, 0.15) is 0 Å². The third-order valence-corrected chi connectivity index (χ3v) is 4.06. The normalized spacial score (nSPS) is 17.6. The van der Waals surface area contributed by atoms with Crippen LogP contribution in [0.25, 0.3) is 0 Å². The topological polar surface area (TPSA) is 88.3 Å². The maximum atomic E-state index is 12.3. The number of aromatic nitrogens is 2. The van der Waals surface area contributed by atoms with Crippen molar-refractivity contribution in [2.45, 2.75) is 26.2 Å². The van der Waals surface area contributed by atoms with Crippen LogP contribution in [0.1, 0.15) is 32.1 Å². The zero-order valence-electron chi connectivity index (χ0n) is 13.3. The number of anilines is 2. The van der Waals surface area contributed by atoms with Crippen LogP contribution in [-0.2, 0) is 9.59 Å². The Morgan fingerprint density at radius 2 is 2.04 bits per heavy atom. The Hall–Kier alpha value is -2.41. The molecule has 0 radical (unpaired) electrons. The smallest absolute Gasteiger partial charge is 0.322 e. The second kappa shape index (κ2) is 6.60. The van der Waals surface area contributed by atoms with E-state index >= 15 is 0 Å². The van der Waals surface area contributed by atoms with Crippen molar-refractivity contribution in [2.24, 2.45) is 5.92 Å². The number of rotatable bonds is 4. The van der Waals surface area contributed by atoms with Crippen molar-refractivity contribution in [1.29, 1.82) is 0 Å². The maximum Gasteiger partial charge on any atom is 0.322 e. The molecule has 8 heteroatoms. The van der Waals surface area contributed by atoms with Gasteiger partial charge in [0.2, 0.25) is 17.7 Å². The van der Waals surface area contributed by atoms with Crippen LogP contribution in [0.4, 0.5) is 11.7 Å². The summed E-state index contributed by atoms with van der Waals surface area (Å²) in [5, 5.41) is 10.9. The minimum atomic E-state index is -0.203. The number of benzene rings is 1. The van der Waals surface area contributed by atoms with Gasteiger partial charge in [0.05, 0.1) is 5.92 Å². The zero-order valence-corrected chi connectivity index (χ0v) is 14.1. The molecule has 1 fully saturated rings. The van der Waals surface area contributed by atoms with E-state index in [9.17, 15) is 9.59 Å². The fourth-order valence-electron chi connectivity index (χ4n) is 2.44. The van der Waals surface area contributed by atoms with Crippen LogP contribution in [0, 0.1) is 5.92 Å². The highest BCUT2D eigenvalue weighted by Crippen LogP contribution is 2.32. The molecule has 7 nitrogen and oxygen atoms in total. The van der Waals surface area contributed by atoms with Gasteiger partial charge >= 0.3 is 6.01 Å². The molecule has 1 atom stereocenters. The van der Waals surface area contributed by atoms with Crippen LogP contribution in [-0.4, -0.2) is 28.6 Å². The van der Waals surface area contributed by atoms with E-state index in [4.69, 9.17) is 16.0 Å². The van der Waals surface area contributed by atoms with E-state index in [1.54, 1.807) is 43.0 Å². The molecular weight excluding hydrogens is 332 g/mol. The molecule has 0 spiro atoms. The number of amides is 2. The number of nitrogens with zero attached hydrogens (tertiary/aromatic N) is 3. The number of carbonyl (C=O) groups excluding carboxylic acids is 2. The molecule has 0 saturated carbocycles. The van der Waals surface area contributed by atoms with Gasteiger partial charge in [0.15, 0.2) is 0 Å². The van der Waals surface area contributed by atoms with Gasteiger partial charge in [-0.3, -0.25) is 14.9 Å². The van der Waals surface area contributed by atoms with Crippen molar-refractivity contribution >= 4 is 35.1 Å². The lowest BCUT2D eigenvalue weighted by atomic mass is 10.1. The Kier molecular flexibility index (Phi) is 4.53. The average Bonchev–Trinajstić information content (AvgIpc) is 3.15. The van der Waals surface area contributed by atoms with Crippen LogP contribution in [0.5, 0.6) is 0 Å². The van der Waals surface area contributed by atoms with Gasteiger partial charge in [-0.15, -0.1) is 5.10 Å². The predicted molar refractivity (Wildman–Crippen MR) is 88.9 cm³/mol. The predicted octanol–water partition coefficient (Wildman–Crippen LogP) is 2.84. The van der Waals surface area contributed by atoms with E-state index in [0.717, 1.165) is 5.69 Å². The molecule has 2 amide bonds. The fourth-order valence-corrected chi connectivity index (χ4v) is 2.57. The first-order valence-electron chi connectivity index (χ1n) is 7.64. The molecule has 0 bridgehead atoms. The summed E-state index contributed by atoms with van der Waals surface area (Å²) in [6, 6.07) is 7.13. The SMILES string of the molecule is CC(C)C(=O)Nc1nnc([C@H]2CC(=O)N(c3ccc(Cl)cc3)C2)o1. The molecule has 1 N–H and O–H groups in total. The lowest BCUT2D eigenvalue weighted by Crippen LogP contribution is -2.24. The van der Waals surface area contributed by atoms with Crippen molar-refractivity contribution in [3.05, 3.63) is 35.2 Å². The molecule has 1 saturated heterocycles. The Labute approximate surface area is 144 Å². The van der Waals surface area contributed by atoms with E-state index in [-0.39, 0.29) is 36.1 Å². The van der Waals surface area contributed by atoms with Crippen molar-refractivity contribution in [3.63, 3.8) is 0 Å². The first kappa shape index (κ1) is 16.4. The lowest BCUT2D eigenvalue weighted by molar-refractivity contribution is -0.119. The highest BCUT2D eigenvalue weighted by atomic mass is 35.5. The maximum absolute atomic E-state index is 12.3. The van der Waals surface area contributed by atoms with E-state index < -0.39 is 0 Å². The highest BCUT2D eigenvalue weighted by Gasteiger charge is 2.35. The molecule has 1 aliphatic heterocycles. The number of hydrogen-bond acceptors (Lipinski definition) is 5. The van der Waals surface area contributed by atoms with Gasteiger partial charge < -0.3 is 9.32 Å². The van der Waals surface area contributed by atoms with Crippen molar-refractivity contribution in [2.75, 3.05) is 16.8 Å². The molecular formula is C16H17ClN4O3. The van der Waals surface area contributed by atoms with Gasteiger partial charge in [-0.2, -0.15) is 0 Å². The highest BCUT2D eigenvalue weighted by molar-refractivity contribution is 6.30. The third kappa shape index (κ3) is 3.41. The third-order valence-electron chi connectivity index (χ3n) is 3.81. The first-order chi connectivity index (χ1) is 11.4. The summed E-state index contributed by atoms with van der Waals surface area (Å²) in [5.41, 5.74) is 0.778. The van der Waals surface area contributed by atoms with E-state index in [1.807, 2.05) is 0 Å². The van der Waals surface area contributed by atoms with Crippen LogP contribution < -0.4 is 10.2 Å². The van der Waals surface area contributed by atoms with Crippen molar-refractivity contribution < 1.29 is 14.0 Å². The Balaban J connectivity index is 1.71. The van der Waals surface area contributed by atoms with Gasteiger partial charge in [-0.1, -0.05) is 30.5 Å². The van der Waals surface area contributed by atoms with E-state index in [2.05, 4.69) is 15.5 Å². The largest absolute Gasteiger partial charge is 0.407 e. The lowest BCUT2D eigenvalue weighted by Gasteiger charge is -2.16. The number of carbonyl (C=O) groups is 2. The molecule has 3 rings (SSSR count). The average molecular weight is 349 g/mol. The van der Waals surface area contributed by atoms with Gasteiger partial charge in [-0.25, -0.2) is 0 Å². The molecule has 2 aromatic rings. The summed E-state index contributed by atoms with van der Waals surface area (Å²) in [5.74, 6) is -0.262. The molecule has 1 aliphatic rings. The molecule has 1 aromatic carbocycles. The Morgan fingerprint density at radius 1 is 1.33 bits per heavy atom. The standard InChI is InChI=1S/C16H17ClN4O3/c1-9(2)14(23)18-16-20-19-15(24-16)10-7-13(22)21(8-10)12-5-3-11(17)4-6-12/h3-6,9-10H,7-8H2,1-2H3,(H,18,20,23)/t10-/m0/s1. The summed E-state index contributed by atoms with van der Waals surface area (Å²) in [6.45, 7) is 3.98. The van der Waals surface area contributed by atoms with E-state index in [0.29, 0.717) is 17.5 Å². The monoisotopic (exact) mass is 348 g/mol. The molecule has 0 unspecified atom stereocenters.